The largest absolute Gasteiger partial charge is 0.341 e. The van der Waals surface area contributed by atoms with Crippen LogP contribution in [0.2, 0.25) is 0 Å². The van der Waals surface area contributed by atoms with Crippen LogP contribution in [0.3, 0.4) is 0 Å². The molecule has 1 fully saturated rings. The number of aromatic amines is 1. The summed E-state index contributed by atoms with van der Waals surface area (Å²) in [5, 5.41) is 0. The lowest BCUT2D eigenvalue weighted by molar-refractivity contribution is 0.0955. The number of nitrogens with one attached hydrogen (secondary N) is 2. The number of rotatable bonds is 2. The molecule has 2 aromatic rings. The Kier molecular flexibility index (Phi) is 3.42. The van der Waals surface area contributed by atoms with Crippen molar-refractivity contribution >= 4 is 16.9 Å². The molecule has 1 heterocycles. The molecule has 0 aliphatic heterocycles. The number of benzene rings is 1. The Balaban J connectivity index is 1.96. The number of nitrogen functional groups attached to an aromatic ring is 1. The fourth-order valence-corrected chi connectivity index (χ4v) is 2.90. The first-order valence-corrected chi connectivity index (χ1v) is 6.94. The van der Waals surface area contributed by atoms with E-state index in [9.17, 15) is 4.79 Å². The Morgan fingerprint density at radius 2 is 2.05 bits per heavy atom. The van der Waals surface area contributed by atoms with Crippen LogP contribution in [0, 0.1) is 0 Å². The van der Waals surface area contributed by atoms with Gasteiger partial charge in [0.15, 0.2) is 0 Å². The maximum absolute atomic E-state index is 11.8. The molecule has 0 spiro atoms. The molecule has 1 aromatic heterocycles. The minimum Gasteiger partial charge on any atom is -0.341 e. The van der Waals surface area contributed by atoms with Gasteiger partial charge in [0.1, 0.15) is 5.82 Å². The molecule has 1 aromatic carbocycles. The summed E-state index contributed by atoms with van der Waals surface area (Å²) in [6.07, 6.45) is 4.13. The third kappa shape index (κ3) is 2.28. The van der Waals surface area contributed by atoms with Crippen molar-refractivity contribution in [2.24, 2.45) is 11.6 Å². The molecule has 6 N–H and O–H groups in total. The molecule has 0 saturated heterocycles. The number of H-pyrrole nitrogens is 1. The lowest BCUT2D eigenvalue weighted by atomic mass is 9.86. The van der Waals surface area contributed by atoms with Gasteiger partial charge in [0.05, 0.1) is 16.6 Å². The maximum Gasteiger partial charge on any atom is 0.267 e. The van der Waals surface area contributed by atoms with E-state index in [1.807, 2.05) is 12.1 Å². The second-order valence-corrected chi connectivity index (χ2v) is 5.41. The van der Waals surface area contributed by atoms with Crippen LogP contribution in [0.4, 0.5) is 0 Å². The highest BCUT2D eigenvalue weighted by atomic mass is 16.2. The number of nitrogens with two attached hydrogens (primary N) is 2. The van der Waals surface area contributed by atoms with E-state index in [-0.39, 0.29) is 5.91 Å². The van der Waals surface area contributed by atoms with E-state index >= 15 is 0 Å². The fraction of sp³-hybridized carbons (Fsp3) is 0.429. The average molecular weight is 273 g/mol. The van der Waals surface area contributed by atoms with Crippen LogP contribution in [-0.4, -0.2) is 21.9 Å². The summed E-state index contributed by atoms with van der Waals surface area (Å²) >= 11 is 0. The van der Waals surface area contributed by atoms with Crippen molar-refractivity contribution in [1.29, 1.82) is 0 Å². The van der Waals surface area contributed by atoms with Gasteiger partial charge < -0.3 is 10.7 Å². The second-order valence-electron chi connectivity index (χ2n) is 5.41. The summed E-state index contributed by atoms with van der Waals surface area (Å²) < 4.78 is 0. The van der Waals surface area contributed by atoms with Crippen molar-refractivity contribution in [3.63, 3.8) is 0 Å². The lowest BCUT2D eigenvalue weighted by Gasteiger charge is -2.24. The number of amides is 1. The van der Waals surface area contributed by atoms with E-state index < -0.39 is 0 Å². The summed E-state index contributed by atoms with van der Waals surface area (Å²) in [5.41, 5.74) is 10.2. The Morgan fingerprint density at radius 3 is 2.75 bits per heavy atom. The number of para-hydroxylation sites is 1. The highest BCUT2D eigenvalue weighted by molar-refractivity contribution is 6.04. The van der Waals surface area contributed by atoms with E-state index in [1.165, 1.54) is 0 Å². The molecular formula is C14H19N5O. The zero-order chi connectivity index (χ0) is 14.1. The van der Waals surface area contributed by atoms with Gasteiger partial charge in [-0.15, -0.1) is 0 Å². The van der Waals surface area contributed by atoms with Crippen LogP contribution in [0.25, 0.3) is 11.0 Å². The molecule has 1 aliphatic carbocycles. The number of hydrazine groups is 1. The SMILES string of the molecule is NNC(=O)c1cccc2nc([C@H]3CC[C@@H](N)CC3)[nH]c12. The zero-order valence-corrected chi connectivity index (χ0v) is 11.2. The summed E-state index contributed by atoms with van der Waals surface area (Å²) in [7, 11) is 0. The zero-order valence-electron chi connectivity index (χ0n) is 11.2. The van der Waals surface area contributed by atoms with Gasteiger partial charge in [-0.05, 0) is 37.8 Å². The van der Waals surface area contributed by atoms with E-state index in [0.717, 1.165) is 42.5 Å². The molecule has 106 valence electrons. The minimum atomic E-state index is -0.309. The topological polar surface area (TPSA) is 110 Å². The minimum absolute atomic E-state index is 0.309. The third-order valence-electron chi connectivity index (χ3n) is 4.07. The Labute approximate surface area is 116 Å². The van der Waals surface area contributed by atoms with Crippen LogP contribution in [0.15, 0.2) is 18.2 Å². The van der Waals surface area contributed by atoms with Crippen LogP contribution >= 0.6 is 0 Å². The highest BCUT2D eigenvalue weighted by Crippen LogP contribution is 2.32. The number of carbonyl (C=O) groups excluding carboxylic acids is 1. The van der Waals surface area contributed by atoms with Crippen molar-refractivity contribution in [3.8, 4) is 0 Å². The number of imidazole rings is 1. The predicted octanol–water partition coefficient (Wildman–Crippen LogP) is 1.15. The molecule has 1 aliphatic rings. The van der Waals surface area contributed by atoms with E-state index in [4.69, 9.17) is 11.6 Å². The first-order valence-electron chi connectivity index (χ1n) is 6.94. The molecule has 0 atom stereocenters. The number of hydrogen-bond donors (Lipinski definition) is 4. The van der Waals surface area contributed by atoms with Gasteiger partial charge in [0, 0.05) is 12.0 Å². The van der Waals surface area contributed by atoms with Gasteiger partial charge in [-0.3, -0.25) is 10.2 Å². The van der Waals surface area contributed by atoms with E-state index in [0.29, 0.717) is 17.5 Å². The van der Waals surface area contributed by atoms with Gasteiger partial charge in [-0.1, -0.05) is 6.07 Å². The maximum atomic E-state index is 11.8. The van der Waals surface area contributed by atoms with E-state index in [2.05, 4.69) is 15.4 Å². The van der Waals surface area contributed by atoms with Crippen LogP contribution in [0.1, 0.15) is 47.8 Å². The Morgan fingerprint density at radius 1 is 1.30 bits per heavy atom. The highest BCUT2D eigenvalue weighted by Gasteiger charge is 2.23. The van der Waals surface area contributed by atoms with E-state index in [1.54, 1.807) is 6.07 Å². The number of nitrogens with zero attached hydrogens (tertiary/aromatic N) is 1. The van der Waals surface area contributed by atoms with Crippen molar-refractivity contribution in [2.45, 2.75) is 37.6 Å². The monoisotopic (exact) mass is 273 g/mol. The molecule has 6 nitrogen and oxygen atoms in total. The average Bonchev–Trinajstić information content (AvgIpc) is 2.91. The fourth-order valence-electron chi connectivity index (χ4n) is 2.90. The Hall–Kier alpha value is -1.92. The van der Waals surface area contributed by atoms with Gasteiger partial charge >= 0.3 is 0 Å². The molecule has 0 unspecified atom stereocenters. The van der Waals surface area contributed by atoms with Gasteiger partial charge in [-0.2, -0.15) is 0 Å². The molecular weight excluding hydrogens is 254 g/mol. The summed E-state index contributed by atoms with van der Waals surface area (Å²) in [5.74, 6) is 6.25. The van der Waals surface area contributed by atoms with Gasteiger partial charge in [-0.25, -0.2) is 10.8 Å². The number of hydrogen-bond acceptors (Lipinski definition) is 4. The Bertz CT molecular complexity index is 628. The normalized spacial score (nSPS) is 22.9. The number of fused-ring (bicyclic) bond motifs is 1. The first kappa shape index (κ1) is 13.1. The molecule has 3 rings (SSSR count). The lowest BCUT2D eigenvalue weighted by Crippen LogP contribution is -2.30. The predicted molar refractivity (Wildman–Crippen MR) is 76.9 cm³/mol. The van der Waals surface area contributed by atoms with Crippen molar-refractivity contribution in [2.75, 3.05) is 0 Å². The summed E-state index contributed by atoms with van der Waals surface area (Å²) in [6.45, 7) is 0. The smallest absolute Gasteiger partial charge is 0.267 e. The molecule has 20 heavy (non-hydrogen) atoms. The molecule has 1 amide bonds. The van der Waals surface area contributed by atoms with Crippen molar-refractivity contribution < 1.29 is 4.79 Å². The van der Waals surface area contributed by atoms with Gasteiger partial charge in [0.25, 0.3) is 5.91 Å². The standard InChI is InChI=1S/C14H19N5O/c15-9-6-4-8(5-7-9)13-17-11-3-1-2-10(12(11)18-13)14(20)19-16/h1-3,8-9H,4-7,15-16H2,(H,17,18)(H,19,20)/t8-,9+. The number of aromatic nitrogens is 2. The van der Waals surface area contributed by atoms with Crippen LogP contribution < -0.4 is 17.0 Å². The van der Waals surface area contributed by atoms with Gasteiger partial charge in [0.2, 0.25) is 0 Å². The first-order chi connectivity index (χ1) is 9.69. The summed E-state index contributed by atoms with van der Waals surface area (Å²) in [4.78, 5) is 19.7. The quantitative estimate of drug-likeness (QED) is 0.374. The molecule has 6 heteroatoms. The molecule has 0 radical (unpaired) electrons. The number of carbonyl (C=O) groups is 1. The van der Waals surface area contributed by atoms with Crippen molar-refractivity contribution in [1.82, 2.24) is 15.4 Å². The van der Waals surface area contributed by atoms with Crippen LogP contribution in [0.5, 0.6) is 0 Å². The second kappa shape index (κ2) is 5.22. The van der Waals surface area contributed by atoms with Crippen molar-refractivity contribution in [3.05, 3.63) is 29.6 Å². The summed E-state index contributed by atoms with van der Waals surface area (Å²) in [6, 6.07) is 5.77. The third-order valence-corrected chi connectivity index (χ3v) is 4.07. The van der Waals surface area contributed by atoms with Crippen LogP contribution in [-0.2, 0) is 0 Å². The molecule has 0 bridgehead atoms. The molecule has 1 saturated carbocycles.